The van der Waals surface area contributed by atoms with Crippen molar-refractivity contribution in [2.75, 3.05) is 23.0 Å². The van der Waals surface area contributed by atoms with Gasteiger partial charge in [-0.1, -0.05) is 18.2 Å². The van der Waals surface area contributed by atoms with Gasteiger partial charge in [0.05, 0.1) is 11.9 Å². The van der Waals surface area contributed by atoms with Gasteiger partial charge in [0.25, 0.3) is 0 Å². The highest BCUT2D eigenvalue weighted by Crippen LogP contribution is 2.36. The zero-order chi connectivity index (χ0) is 18.1. The van der Waals surface area contributed by atoms with E-state index in [1.807, 2.05) is 47.8 Å². The summed E-state index contributed by atoms with van der Waals surface area (Å²) in [5.74, 6) is 0.961. The Kier molecular flexibility index (Phi) is 4.17. The van der Waals surface area contributed by atoms with Gasteiger partial charge in [-0.25, -0.2) is 5.01 Å². The minimum Gasteiger partial charge on any atom is -0.371 e. The van der Waals surface area contributed by atoms with Gasteiger partial charge in [-0.3, -0.25) is 0 Å². The molecular formula is C23H24N4. The molecule has 0 radical (unpaired) electrons. The third-order valence-electron chi connectivity index (χ3n) is 5.49. The summed E-state index contributed by atoms with van der Waals surface area (Å²) in [5, 5.41) is 6.79. The molecule has 0 saturated carbocycles. The number of rotatable bonds is 4. The minimum atomic E-state index is 0.961. The number of aryl methyl sites for hydroxylation is 2. The standard InChI is InChI=1S/C23H24N4/c1-2-9-21(10-3-1)27(22-11-4-12-24-22)25-17-18-15-19-7-5-13-26-14-6-8-20(16-18)23(19)26/h1-4,9-12,15-17,24H,5-8,13-14H2/b25-17+. The maximum absolute atomic E-state index is 4.83. The molecule has 4 nitrogen and oxygen atoms in total. The summed E-state index contributed by atoms with van der Waals surface area (Å²) < 4.78 is 0. The van der Waals surface area contributed by atoms with Crippen LogP contribution in [0, 0.1) is 0 Å². The molecule has 2 aromatic carbocycles. The van der Waals surface area contributed by atoms with E-state index in [0.29, 0.717) is 0 Å². The summed E-state index contributed by atoms with van der Waals surface area (Å²) in [6.45, 7) is 2.42. The number of aromatic amines is 1. The Morgan fingerprint density at radius 3 is 2.33 bits per heavy atom. The number of H-pyrrole nitrogens is 1. The zero-order valence-corrected chi connectivity index (χ0v) is 15.4. The molecular weight excluding hydrogens is 332 g/mol. The molecule has 0 spiro atoms. The van der Waals surface area contributed by atoms with Crippen molar-refractivity contribution in [3.8, 4) is 0 Å². The van der Waals surface area contributed by atoms with Gasteiger partial charge in [-0.2, -0.15) is 5.10 Å². The van der Waals surface area contributed by atoms with Crippen LogP contribution >= 0.6 is 0 Å². The van der Waals surface area contributed by atoms with E-state index in [4.69, 9.17) is 5.10 Å². The van der Waals surface area contributed by atoms with E-state index in [0.717, 1.165) is 11.5 Å². The van der Waals surface area contributed by atoms with Gasteiger partial charge in [0.15, 0.2) is 0 Å². The van der Waals surface area contributed by atoms with Crippen LogP contribution in [-0.4, -0.2) is 24.3 Å². The van der Waals surface area contributed by atoms with Gasteiger partial charge in [0.2, 0.25) is 0 Å². The minimum absolute atomic E-state index is 0.961. The van der Waals surface area contributed by atoms with Crippen molar-refractivity contribution >= 4 is 23.4 Å². The first-order valence-electron chi connectivity index (χ1n) is 9.82. The summed E-state index contributed by atoms with van der Waals surface area (Å²) in [6, 6.07) is 19.0. The molecule has 27 heavy (non-hydrogen) atoms. The fourth-order valence-electron chi connectivity index (χ4n) is 4.32. The molecule has 3 heterocycles. The van der Waals surface area contributed by atoms with Crippen LogP contribution < -0.4 is 9.91 Å². The number of anilines is 3. The third-order valence-corrected chi connectivity index (χ3v) is 5.49. The first-order chi connectivity index (χ1) is 13.4. The number of hydrogen-bond acceptors (Lipinski definition) is 3. The van der Waals surface area contributed by atoms with Crippen molar-refractivity contribution < 1.29 is 0 Å². The molecule has 0 unspecified atom stereocenters. The second-order valence-corrected chi connectivity index (χ2v) is 7.33. The fraction of sp³-hybridized carbons (Fsp3) is 0.261. The lowest BCUT2D eigenvalue weighted by atomic mass is 9.90. The Labute approximate surface area is 160 Å². The third kappa shape index (κ3) is 3.12. The van der Waals surface area contributed by atoms with E-state index < -0.39 is 0 Å². The van der Waals surface area contributed by atoms with Crippen LogP contribution in [0.1, 0.15) is 29.5 Å². The maximum Gasteiger partial charge on any atom is 0.132 e. The number of nitrogens with zero attached hydrogens (tertiary/aromatic N) is 3. The van der Waals surface area contributed by atoms with Crippen molar-refractivity contribution in [2.45, 2.75) is 25.7 Å². The summed E-state index contributed by atoms with van der Waals surface area (Å²) in [6.07, 6.45) is 8.80. The highest BCUT2D eigenvalue weighted by atomic mass is 15.5. The SMILES string of the molecule is C(=N\N(c1ccccc1)c1ccc[nH]1)/c1cc2c3c(c1)CCCN3CCC2. The van der Waals surface area contributed by atoms with Crippen molar-refractivity contribution in [3.05, 3.63) is 77.5 Å². The number of nitrogens with one attached hydrogen (secondary N) is 1. The maximum atomic E-state index is 4.83. The monoisotopic (exact) mass is 356 g/mol. The van der Waals surface area contributed by atoms with Crippen LogP contribution in [-0.2, 0) is 12.8 Å². The number of para-hydroxylation sites is 1. The van der Waals surface area contributed by atoms with Crippen LogP contribution in [0.3, 0.4) is 0 Å². The predicted molar refractivity (Wildman–Crippen MR) is 112 cm³/mol. The van der Waals surface area contributed by atoms with E-state index in [-0.39, 0.29) is 0 Å². The number of hydrazone groups is 1. The topological polar surface area (TPSA) is 34.6 Å². The lowest BCUT2D eigenvalue weighted by Gasteiger charge is -2.37. The average Bonchev–Trinajstić information content (AvgIpc) is 3.24. The Morgan fingerprint density at radius 2 is 1.67 bits per heavy atom. The number of hydrogen-bond donors (Lipinski definition) is 1. The molecule has 0 bridgehead atoms. The molecule has 0 aliphatic carbocycles. The first kappa shape index (κ1) is 16.2. The molecule has 0 saturated heterocycles. The molecule has 136 valence electrons. The second kappa shape index (κ2) is 6.95. The van der Waals surface area contributed by atoms with Crippen LogP contribution in [0.2, 0.25) is 0 Å². The molecule has 0 fully saturated rings. The van der Waals surface area contributed by atoms with Crippen LogP contribution in [0.4, 0.5) is 17.2 Å². The van der Waals surface area contributed by atoms with E-state index >= 15 is 0 Å². The smallest absolute Gasteiger partial charge is 0.132 e. The number of aromatic nitrogens is 1. The number of benzene rings is 2. The summed E-state index contributed by atoms with van der Waals surface area (Å²) in [5.41, 5.74) is 6.73. The van der Waals surface area contributed by atoms with Crippen molar-refractivity contribution in [2.24, 2.45) is 5.10 Å². The summed E-state index contributed by atoms with van der Waals surface area (Å²) in [7, 11) is 0. The van der Waals surface area contributed by atoms with Crippen molar-refractivity contribution in [1.82, 2.24) is 4.98 Å². The van der Waals surface area contributed by atoms with E-state index in [2.05, 4.69) is 34.1 Å². The lowest BCUT2D eigenvalue weighted by Crippen LogP contribution is -2.34. The predicted octanol–water partition coefficient (Wildman–Crippen LogP) is 4.89. The highest BCUT2D eigenvalue weighted by molar-refractivity contribution is 5.84. The molecule has 1 N–H and O–H groups in total. The highest BCUT2D eigenvalue weighted by Gasteiger charge is 2.23. The second-order valence-electron chi connectivity index (χ2n) is 7.33. The zero-order valence-electron chi connectivity index (χ0n) is 15.4. The summed E-state index contributed by atoms with van der Waals surface area (Å²) >= 11 is 0. The van der Waals surface area contributed by atoms with Gasteiger partial charge < -0.3 is 9.88 Å². The van der Waals surface area contributed by atoms with Crippen LogP contribution in [0.25, 0.3) is 0 Å². The molecule has 3 aromatic rings. The lowest BCUT2D eigenvalue weighted by molar-refractivity contribution is 0.634. The van der Waals surface area contributed by atoms with Gasteiger partial charge in [0, 0.05) is 25.0 Å². The molecule has 0 amide bonds. The fourth-order valence-corrected chi connectivity index (χ4v) is 4.32. The quantitative estimate of drug-likeness (QED) is 0.534. The van der Waals surface area contributed by atoms with Gasteiger partial charge in [-0.15, -0.1) is 0 Å². The Hall–Kier alpha value is -3.01. The Balaban J connectivity index is 1.51. The van der Waals surface area contributed by atoms with Crippen LogP contribution in [0.5, 0.6) is 0 Å². The van der Waals surface area contributed by atoms with Crippen molar-refractivity contribution in [1.29, 1.82) is 0 Å². The molecule has 1 aromatic heterocycles. The Morgan fingerprint density at radius 1 is 0.926 bits per heavy atom. The molecule has 5 rings (SSSR count). The first-order valence-corrected chi connectivity index (χ1v) is 9.82. The molecule has 2 aliphatic heterocycles. The average molecular weight is 356 g/mol. The van der Waals surface area contributed by atoms with Gasteiger partial charge >= 0.3 is 0 Å². The van der Waals surface area contributed by atoms with E-state index in [1.54, 1.807) is 0 Å². The van der Waals surface area contributed by atoms with Crippen LogP contribution in [0.15, 0.2) is 65.9 Å². The molecule has 2 aliphatic rings. The van der Waals surface area contributed by atoms with Gasteiger partial charge in [-0.05, 0) is 78.8 Å². The van der Waals surface area contributed by atoms with E-state index in [1.165, 1.54) is 61.2 Å². The van der Waals surface area contributed by atoms with Crippen molar-refractivity contribution in [3.63, 3.8) is 0 Å². The summed E-state index contributed by atoms with van der Waals surface area (Å²) in [4.78, 5) is 5.84. The Bertz CT molecular complexity index is 913. The van der Waals surface area contributed by atoms with Gasteiger partial charge in [0.1, 0.15) is 5.82 Å². The van der Waals surface area contributed by atoms with E-state index in [9.17, 15) is 0 Å². The molecule has 4 heteroatoms. The molecule has 0 atom stereocenters. The largest absolute Gasteiger partial charge is 0.371 e. The normalized spacial score (nSPS) is 15.8.